The molecule has 0 atom stereocenters. The van der Waals surface area contributed by atoms with Gasteiger partial charge in [-0.3, -0.25) is 14.5 Å². The van der Waals surface area contributed by atoms with Gasteiger partial charge in [0.25, 0.3) is 5.91 Å². The number of hydrogen-bond donors (Lipinski definition) is 1. The van der Waals surface area contributed by atoms with Crippen molar-refractivity contribution in [1.82, 2.24) is 5.32 Å². The molecule has 0 saturated heterocycles. The highest BCUT2D eigenvalue weighted by molar-refractivity contribution is 6.30. The molecule has 1 heterocycles. The van der Waals surface area contributed by atoms with Crippen LogP contribution in [0.25, 0.3) is 6.08 Å². The van der Waals surface area contributed by atoms with Gasteiger partial charge in [-0.1, -0.05) is 42.8 Å². The summed E-state index contributed by atoms with van der Waals surface area (Å²) in [6, 6.07) is 14.6. The lowest BCUT2D eigenvalue weighted by atomic mass is 9.87. The molecule has 1 N–H and O–H groups in total. The molecule has 156 valence electrons. The summed E-state index contributed by atoms with van der Waals surface area (Å²) in [6.07, 6.45) is 5.87. The van der Waals surface area contributed by atoms with Crippen molar-refractivity contribution in [3.63, 3.8) is 0 Å². The van der Waals surface area contributed by atoms with E-state index in [1.54, 1.807) is 30.3 Å². The van der Waals surface area contributed by atoms with Gasteiger partial charge in [-0.05, 0) is 67.5 Å². The number of para-hydroxylation sites is 2. The van der Waals surface area contributed by atoms with E-state index in [0.717, 1.165) is 31.2 Å². The van der Waals surface area contributed by atoms with Gasteiger partial charge < -0.3 is 10.1 Å². The van der Waals surface area contributed by atoms with Gasteiger partial charge >= 0.3 is 0 Å². The Hall–Kier alpha value is -2.79. The fourth-order valence-electron chi connectivity index (χ4n) is 3.99. The van der Waals surface area contributed by atoms with Gasteiger partial charge in [0.2, 0.25) is 5.91 Å². The minimum absolute atomic E-state index is 0.0435. The normalized spacial score (nSPS) is 22.4. The maximum Gasteiger partial charge on any atom is 0.294 e. The zero-order valence-electron chi connectivity index (χ0n) is 16.9. The third-order valence-electron chi connectivity index (χ3n) is 5.66. The smallest absolute Gasteiger partial charge is 0.294 e. The molecule has 0 aromatic heterocycles. The van der Waals surface area contributed by atoms with E-state index in [-0.39, 0.29) is 30.2 Å². The molecular weight excluding hydrogens is 400 g/mol. The van der Waals surface area contributed by atoms with Crippen LogP contribution in [-0.4, -0.2) is 24.4 Å². The van der Waals surface area contributed by atoms with E-state index in [0.29, 0.717) is 22.4 Å². The number of halogens is 1. The lowest BCUT2D eigenvalue weighted by Gasteiger charge is -2.31. The second-order valence-electron chi connectivity index (χ2n) is 8.05. The summed E-state index contributed by atoms with van der Waals surface area (Å²) in [5, 5.41) is 3.67. The zero-order valence-corrected chi connectivity index (χ0v) is 17.7. The van der Waals surface area contributed by atoms with E-state index in [2.05, 4.69) is 12.2 Å². The number of nitrogens with zero attached hydrogens (tertiary/aromatic N) is 1. The summed E-state index contributed by atoms with van der Waals surface area (Å²) < 4.78 is 5.86. The number of carbonyl (C=O) groups excluding carboxylic acids is 2. The molecular formula is C24H25ClN2O3. The molecule has 0 spiro atoms. The lowest BCUT2D eigenvalue weighted by Crippen LogP contribution is -2.47. The molecule has 1 aliphatic heterocycles. The first-order valence-electron chi connectivity index (χ1n) is 10.3. The minimum Gasteiger partial charge on any atom is -0.449 e. The first-order chi connectivity index (χ1) is 14.5. The molecule has 0 bridgehead atoms. The van der Waals surface area contributed by atoms with Crippen LogP contribution in [0.3, 0.4) is 0 Å². The molecule has 4 rings (SSSR count). The maximum atomic E-state index is 13.2. The molecule has 5 nitrogen and oxygen atoms in total. The summed E-state index contributed by atoms with van der Waals surface area (Å²) >= 11 is 6.06. The van der Waals surface area contributed by atoms with Crippen LogP contribution in [0, 0.1) is 5.92 Å². The van der Waals surface area contributed by atoms with Crippen LogP contribution >= 0.6 is 11.6 Å². The number of ether oxygens (including phenoxy) is 1. The molecule has 0 radical (unpaired) electrons. The Morgan fingerprint density at radius 2 is 1.93 bits per heavy atom. The fraction of sp³-hybridized carbons (Fsp3) is 0.333. The van der Waals surface area contributed by atoms with Crippen LogP contribution in [0.5, 0.6) is 5.75 Å². The van der Waals surface area contributed by atoms with Crippen molar-refractivity contribution >= 4 is 35.2 Å². The zero-order chi connectivity index (χ0) is 21.1. The van der Waals surface area contributed by atoms with Crippen molar-refractivity contribution in [3.05, 3.63) is 64.9 Å². The van der Waals surface area contributed by atoms with Gasteiger partial charge in [0, 0.05) is 11.1 Å². The monoisotopic (exact) mass is 424 g/mol. The SMILES string of the molecule is CC1CCC(NC(=O)CN2C(=O)/C(=C\c3cccc(Cl)c3)Oc3ccccc32)CC1. The van der Waals surface area contributed by atoms with Crippen molar-refractivity contribution in [1.29, 1.82) is 0 Å². The third kappa shape index (κ3) is 4.68. The Morgan fingerprint density at radius 1 is 1.17 bits per heavy atom. The standard InChI is InChI=1S/C24H25ClN2O3/c1-16-9-11-19(12-10-16)26-23(28)15-27-20-7-2-3-8-21(20)30-22(24(27)29)14-17-5-4-6-18(25)13-17/h2-8,13-14,16,19H,9-12,15H2,1H3,(H,26,28)/b22-14+. The number of amides is 2. The molecule has 30 heavy (non-hydrogen) atoms. The predicted octanol–water partition coefficient (Wildman–Crippen LogP) is 4.80. The number of carbonyl (C=O) groups is 2. The molecule has 2 amide bonds. The molecule has 2 aromatic carbocycles. The van der Waals surface area contributed by atoms with Gasteiger partial charge in [0.1, 0.15) is 6.54 Å². The van der Waals surface area contributed by atoms with Crippen LogP contribution in [0.2, 0.25) is 5.02 Å². The number of fused-ring (bicyclic) bond motifs is 1. The average molecular weight is 425 g/mol. The summed E-state index contributed by atoms with van der Waals surface area (Å²) in [6.45, 7) is 2.20. The van der Waals surface area contributed by atoms with E-state index >= 15 is 0 Å². The highest BCUT2D eigenvalue weighted by Crippen LogP contribution is 2.35. The average Bonchev–Trinajstić information content (AvgIpc) is 2.73. The van der Waals surface area contributed by atoms with E-state index in [9.17, 15) is 9.59 Å². The highest BCUT2D eigenvalue weighted by Gasteiger charge is 2.32. The molecule has 1 saturated carbocycles. The summed E-state index contributed by atoms with van der Waals surface area (Å²) in [7, 11) is 0. The Balaban J connectivity index is 1.55. The van der Waals surface area contributed by atoms with E-state index in [1.165, 1.54) is 4.90 Å². The van der Waals surface area contributed by atoms with Crippen molar-refractivity contribution < 1.29 is 14.3 Å². The van der Waals surface area contributed by atoms with Gasteiger partial charge in [-0.2, -0.15) is 0 Å². The summed E-state index contributed by atoms with van der Waals surface area (Å²) in [5.41, 5.74) is 1.35. The van der Waals surface area contributed by atoms with Gasteiger partial charge in [-0.25, -0.2) is 0 Å². The Kier molecular flexibility index (Phi) is 6.09. The Morgan fingerprint density at radius 3 is 2.70 bits per heavy atom. The number of rotatable bonds is 4. The Labute approximate surface area is 181 Å². The number of anilines is 1. The van der Waals surface area contributed by atoms with Crippen molar-refractivity contribution in [2.24, 2.45) is 5.92 Å². The number of nitrogens with one attached hydrogen (secondary N) is 1. The van der Waals surface area contributed by atoms with E-state index < -0.39 is 0 Å². The van der Waals surface area contributed by atoms with Crippen LogP contribution in [0.4, 0.5) is 5.69 Å². The van der Waals surface area contributed by atoms with Crippen LogP contribution in [0.1, 0.15) is 38.2 Å². The van der Waals surface area contributed by atoms with Crippen LogP contribution < -0.4 is 15.0 Å². The maximum absolute atomic E-state index is 13.2. The molecule has 2 aromatic rings. The molecule has 6 heteroatoms. The fourth-order valence-corrected chi connectivity index (χ4v) is 4.19. The summed E-state index contributed by atoms with van der Waals surface area (Å²) in [5.74, 6) is 0.924. The van der Waals surface area contributed by atoms with E-state index in [4.69, 9.17) is 16.3 Å². The number of hydrogen-bond acceptors (Lipinski definition) is 3. The van der Waals surface area contributed by atoms with Crippen molar-refractivity contribution in [3.8, 4) is 5.75 Å². The van der Waals surface area contributed by atoms with Gasteiger partial charge in [0.05, 0.1) is 5.69 Å². The first-order valence-corrected chi connectivity index (χ1v) is 10.7. The minimum atomic E-state index is -0.346. The second-order valence-corrected chi connectivity index (χ2v) is 8.49. The van der Waals surface area contributed by atoms with Gasteiger partial charge in [0.15, 0.2) is 11.5 Å². The topological polar surface area (TPSA) is 58.6 Å². The van der Waals surface area contributed by atoms with Crippen LogP contribution in [-0.2, 0) is 9.59 Å². The third-order valence-corrected chi connectivity index (χ3v) is 5.90. The highest BCUT2D eigenvalue weighted by atomic mass is 35.5. The largest absolute Gasteiger partial charge is 0.449 e. The van der Waals surface area contributed by atoms with E-state index in [1.807, 2.05) is 24.3 Å². The number of benzene rings is 2. The predicted molar refractivity (Wildman–Crippen MR) is 118 cm³/mol. The first kappa shape index (κ1) is 20.5. The van der Waals surface area contributed by atoms with Crippen molar-refractivity contribution in [2.75, 3.05) is 11.4 Å². The lowest BCUT2D eigenvalue weighted by molar-refractivity contribution is -0.124. The van der Waals surface area contributed by atoms with Crippen molar-refractivity contribution in [2.45, 2.75) is 38.6 Å². The molecule has 1 fully saturated rings. The van der Waals surface area contributed by atoms with Gasteiger partial charge in [-0.15, -0.1) is 0 Å². The quantitative estimate of drug-likeness (QED) is 0.717. The Bertz CT molecular complexity index is 980. The molecule has 0 unspecified atom stereocenters. The second kappa shape index (κ2) is 8.92. The summed E-state index contributed by atoms with van der Waals surface area (Å²) in [4.78, 5) is 27.4. The molecule has 2 aliphatic rings. The molecule has 1 aliphatic carbocycles. The van der Waals surface area contributed by atoms with Crippen LogP contribution in [0.15, 0.2) is 54.3 Å².